The minimum absolute atomic E-state index is 0.112. The summed E-state index contributed by atoms with van der Waals surface area (Å²) in [4.78, 5) is 36.0. The molecule has 0 bridgehead atoms. The largest absolute Gasteiger partial charge is 0.513 e. The molecule has 3 aromatic carbocycles. The molecule has 0 spiro atoms. The zero-order valence-corrected chi connectivity index (χ0v) is 19.7. The van der Waals surface area contributed by atoms with Gasteiger partial charge in [0.1, 0.15) is 11.5 Å². The molecule has 8 nitrogen and oxygen atoms in total. The van der Waals surface area contributed by atoms with Gasteiger partial charge in [0, 0.05) is 23.4 Å². The maximum absolute atomic E-state index is 12.5. The number of anilines is 2. The van der Waals surface area contributed by atoms with E-state index in [-0.39, 0.29) is 24.2 Å². The van der Waals surface area contributed by atoms with Crippen LogP contribution >= 0.6 is 0 Å². The lowest BCUT2D eigenvalue weighted by Gasteiger charge is -2.09. The fourth-order valence-corrected chi connectivity index (χ4v) is 3.04. The van der Waals surface area contributed by atoms with Crippen LogP contribution in [0.4, 0.5) is 16.2 Å². The summed E-state index contributed by atoms with van der Waals surface area (Å²) in [5.74, 6) is 0.633. The summed E-state index contributed by atoms with van der Waals surface area (Å²) in [6, 6.07) is 20.7. The van der Waals surface area contributed by atoms with E-state index in [1.165, 1.54) is 17.7 Å². The number of aryl methyl sites for hydroxylation is 1. The SMILES string of the molecule is CCOC(=O)Oc1ccc(C(=O)Nc2ccc(NC(=O)CCCOc3ccc(C)cc3)cc2)cc1. The average Bonchev–Trinajstić information content (AvgIpc) is 2.85. The second-order valence-electron chi connectivity index (χ2n) is 7.65. The summed E-state index contributed by atoms with van der Waals surface area (Å²) in [7, 11) is 0. The molecule has 8 heteroatoms. The molecule has 0 saturated heterocycles. The first kappa shape index (κ1) is 25.3. The lowest BCUT2D eigenvalue weighted by atomic mass is 10.2. The van der Waals surface area contributed by atoms with Gasteiger partial charge < -0.3 is 24.8 Å². The van der Waals surface area contributed by atoms with Crippen molar-refractivity contribution in [3.05, 3.63) is 83.9 Å². The van der Waals surface area contributed by atoms with Gasteiger partial charge in [0.25, 0.3) is 5.91 Å². The molecule has 0 aliphatic heterocycles. The second kappa shape index (κ2) is 12.8. The quantitative estimate of drug-likeness (QED) is 0.225. The predicted molar refractivity (Wildman–Crippen MR) is 133 cm³/mol. The number of amides is 2. The summed E-state index contributed by atoms with van der Waals surface area (Å²) >= 11 is 0. The summed E-state index contributed by atoms with van der Waals surface area (Å²) in [5, 5.41) is 5.61. The van der Waals surface area contributed by atoms with E-state index in [0.717, 1.165) is 5.75 Å². The lowest BCUT2D eigenvalue weighted by molar-refractivity contribution is -0.116. The Morgan fingerprint density at radius 1 is 0.771 bits per heavy atom. The third-order valence-electron chi connectivity index (χ3n) is 4.84. The van der Waals surface area contributed by atoms with E-state index in [1.54, 1.807) is 43.3 Å². The van der Waals surface area contributed by atoms with Gasteiger partial charge in [-0.1, -0.05) is 17.7 Å². The molecule has 0 aromatic heterocycles. The maximum atomic E-state index is 12.5. The molecule has 182 valence electrons. The van der Waals surface area contributed by atoms with Crippen molar-refractivity contribution in [1.82, 2.24) is 0 Å². The number of benzene rings is 3. The molecule has 3 aromatic rings. The molecule has 0 unspecified atom stereocenters. The van der Waals surface area contributed by atoms with E-state index in [2.05, 4.69) is 10.6 Å². The van der Waals surface area contributed by atoms with Crippen LogP contribution in [0.5, 0.6) is 11.5 Å². The molecule has 0 aliphatic rings. The first-order valence-corrected chi connectivity index (χ1v) is 11.3. The molecular formula is C27H28N2O6. The minimum Gasteiger partial charge on any atom is -0.494 e. The molecule has 0 saturated carbocycles. The smallest absolute Gasteiger partial charge is 0.494 e. The average molecular weight is 477 g/mol. The molecule has 0 aliphatic carbocycles. The Morgan fingerprint density at radius 2 is 1.37 bits per heavy atom. The first-order valence-electron chi connectivity index (χ1n) is 11.3. The van der Waals surface area contributed by atoms with E-state index in [9.17, 15) is 14.4 Å². The molecule has 0 radical (unpaired) electrons. The van der Waals surface area contributed by atoms with Crippen molar-refractivity contribution >= 4 is 29.3 Å². The summed E-state index contributed by atoms with van der Waals surface area (Å²) in [6.45, 7) is 4.36. The van der Waals surface area contributed by atoms with E-state index < -0.39 is 6.16 Å². The van der Waals surface area contributed by atoms with Crippen LogP contribution in [0.15, 0.2) is 72.8 Å². The topological polar surface area (TPSA) is 103 Å². The van der Waals surface area contributed by atoms with Crippen molar-refractivity contribution in [3.8, 4) is 11.5 Å². The van der Waals surface area contributed by atoms with Crippen molar-refractivity contribution in [2.24, 2.45) is 0 Å². The molecular weight excluding hydrogens is 448 g/mol. The highest BCUT2D eigenvalue weighted by atomic mass is 16.7. The Labute approximate surface area is 204 Å². The van der Waals surface area contributed by atoms with E-state index in [1.807, 2.05) is 31.2 Å². The zero-order valence-electron chi connectivity index (χ0n) is 19.7. The van der Waals surface area contributed by atoms with Gasteiger partial charge in [-0.15, -0.1) is 0 Å². The van der Waals surface area contributed by atoms with E-state index in [0.29, 0.717) is 36.4 Å². The normalized spacial score (nSPS) is 10.2. The number of ether oxygens (including phenoxy) is 3. The number of rotatable bonds is 10. The Hall–Kier alpha value is -4.33. The van der Waals surface area contributed by atoms with Gasteiger partial charge in [-0.2, -0.15) is 0 Å². The molecule has 2 amide bonds. The van der Waals surface area contributed by atoms with Crippen molar-refractivity contribution < 1.29 is 28.6 Å². The minimum atomic E-state index is -0.799. The highest BCUT2D eigenvalue weighted by Gasteiger charge is 2.09. The molecule has 0 heterocycles. The van der Waals surface area contributed by atoms with E-state index >= 15 is 0 Å². The zero-order chi connectivity index (χ0) is 25.0. The van der Waals surface area contributed by atoms with Crippen LogP contribution in [0.2, 0.25) is 0 Å². The lowest BCUT2D eigenvalue weighted by Crippen LogP contribution is -2.14. The molecule has 0 fully saturated rings. The van der Waals surface area contributed by atoms with Gasteiger partial charge in [0.2, 0.25) is 5.91 Å². The highest BCUT2D eigenvalue weighted by molar-refractivity contribution is 6.04. The predicted octanol–water partition coefficient (Wildman–Crippen LogP) is 5.58. The van der Waals surface area contributed by atoms with Crippen LogP contribution in [0, 0.1) is 6.92 Å². The molecule has 2 N–H and O–H groups in total. The summed E-state index contributed by atoms with van der Waals surface area (Å²) in [6.07, 6.45) is 0.130. The van der Waals surface area contributed by atoms with Crippen molar-refractivity contribution in [1.29, 1.82) is 0 Å². The highest BCUT2D eigenvalue weighted by Crippen LogP contribution is 2.17. The van der Waals surface area contributed by atoms with Crippen molar-refractivity contribution in [3.63, 3.8) is 0 Å². The number of carbonyl (C=O) groups is 3. The third-order valence-corrected chi connectivity index (χ3v) is 4.84. The molecule has 3 rings (SSSR count). The monoisotopic (exact) mass is 476 g/mol. The summed E-state index contributed by atoms with van der Waals surface area (Å²) < 4.78 is 15.3. The number of carbonyl (C=O) groups excluding carboxylic acids is 3. The Bertz CT molecular complexity index is 1130. The first-order chi connectivity index (χ1) is 16.9. The Kier molecular flexibility index (Phi) is 9.24. The number of nitrogens with one attached hydrogen (secondary N) is 2. The number of hydrogen-bond donors (Lipinski definition) is 2. The van der Waals surface area contributed by atoms with Gasteiger partial charge in [0.05, 0.1) is 13.2 Å². The van der Waals surface area contributed by atoms with Gasteiger partial charge >= 0.3 is 6.16 Å². The number of hydrogen-bond acceptors (Lipinski definition) is 6. The fraction of sp³-hybridized carbons (Fsp3) is 0.222. The fourth-order valence-electron chi connectivity index (χ4n) is 3.04. The van der Waals surface area contributed by atoms with Crippen molar-refractivity contribution in [2.45, 2.75) is 26.7 Å². The second-order valence-corrected chi connectivity index (χ2v) is 7.65. The van der Waals surface area contributed by atoms with Crippen LogP contribution in [0.25, 0.3) is 0 Å². The Morgan fingerprint density at radius 3 is 2.00 bits per heavy atom. The van der Waals surface area contributed by atoms with Crippen molar-refractivity contribution in [2.75, 3.05) is 23.8 Å². The van der Waals surface area contributed by atoms with Gasteiger partial charge in [-0.3, -0.25) is 9.59 Å². The summed E-state index contributed by atoms with van der Waals surface area (Å²) in [5.41, 5.74) is 2.77. The van der Waals surface area contributed by atoms with Gasteiger partial charge in [-0.25, -0.2) is 4.79 Å². The third kappa shape index (κ3) is 8.51. The van der Waals surface area contributed by atoms with Gasteiger partial charge in [0.15, 0.2) is 0 Å². The van der Waals surface area contributed by atoms with Crippen LogP contribution in [0.3, 0.4) is 0 Å². The maximum Gasteiger partial charge on any atom is 0.513 e. The Balaban J connectivity index is 1.41. The van der Waals surface area contributed by atoms with Crippen LogP contribution in [0.1, 0.15) is 35.7 Å². The van der Waals surface area contributed by atoms with Gasteiger partial charge in [-0.05, 0) is 80.9 Å². The molecule has 35 heavy (non-hydrogen) atoms. The standard InChI is InChI=1S/C27H28N2O6/c1-3-33-27(32)35-24-16-8-20(9-17-24)26(31)29-22-12-10-21(11-13-22)28-25(30)5-4-18-34-23-14-6-19(2)7-15-23/h6-17H,3-5,18H2,1-2H3,(H,28,30)(H,29,31). The van der Waals surface area contributed by atoms with E-state index in [4.69, 9.17) is 14.2 Å². The van der Waals surface area contributed by atoms with Crippen LogP contribution < -0.4 is 20.1 Å². The molecule has 0 atom stereocenters. The van der Waals surface area contributed by atoms with Crippen LogP contribution in [-0.4, -0.2) is 31.2 Å². The van der Waals surface area contributed by atoms with Crippen LogP contribution in [-0.2, 0) is 9.53 Å².